The molecule has 0 amide bonds. The highest BCUT2D eigenvalue weighted by Gasteiger charge is 2.23. The van der Waals surface area contributed by atoms with Crippen molar-refractivity contribution in [3.8, 4) is 0 Å². The number of furan rings is 1. The third kappa shape index (κ3) is 3.15. The van der Waals surface area contributed by atoms with E-state index in [-0.39, 0.29) is 0 Å². The Labute approximate surface area is 113 Å². The number of hydrogen-bond donors (Lipinski definition) is 1. The van der Waals surface area contributed by atoms with E-state index < -0.39 is 12.3 Å². The van der Waals surface area contributed by atoms with Gasteiger partial charge in [-0.2, -0.15) is 0 Å². The van der Waals surface area contributed by atoms with Crippen LogP contribution in [0.2, 0.25) is 0 Å². The molecular weight excluding hydrogens is 242 g/mol. The molecule has 0 aliphatic carbocycles. The summed E-state index contributed by atoms with van der Waals surface area (Å²) in [5, 5.41) is 1.05. The van der Waals surface area contributed by atoms with E-state index in [1.807, 2.05) is 32.0 Å². The van der Waals surface area contributed by atoms with Crippen LogP contribution in [-0.2, 0) is 9.47 Å². The van der Waals surface area contributed by atoms with Gasteiger partial charge < -0.3 is 19.6 Å². The molecule has 2 rings (SSSR count). The Morgan fingerprint density at radius 2 is 1.84 bits per heavy atom. The standard InChI is InChI=1S/C15H21NO3/c1-4-17-15(18-5-2)14(16)13-9-11-8-10(3)6-7-12(11)19-13/h6-9,14-15H,4-5,16H2,1-3H3. The molecule has 0 aliphatic rings. The Kier molecular flexibility index (Phi) is 4.58. The van der Waals surface area contributed by atoms with Gasteiger partial charge in [-0.1, -0.05) is 11.6 Å². The fourth-order valence-electron chi connectivity index (χ4n) is 2.07. The highest BCUT2D eigenvalue weighted by molar-refractivity contribution is 5.78. The van der Waals surface area contributed by atoms with Crippen molar-refractivity contribution in [2.24, 2.45) is 5.73 Å². The van der Waals surface area contributed by atoms with E-state index in [9.17, 15) is 0 Å². The van der Waals surface area contributed by atoms with Crippen LogP contribution in [0.15, 0.2) is 28.7 Å². The zero-order valence-electron chi connectivity index (χ0n) is 11.7. The third-order valence-corrected chi connectivity index (χ3v) is 2.97. The maximum absolute atomic E-state index is 6.17. The van der Waals surface area contributed by atoms with Gasteiger partial charge in [0.25, 0.3) is 0 Å². The minimum absolute atomic E-state index is 0.424. The smallest absolute Gasteiger partial charge is 0.179 e. The molecule has 2 N–H and O–H groups in total. The first kappa shape index (κ1) is 14.1. The van der Waals surface area contributed by atoms with Crippen molar-refractivity contribution in [1.29, 1.82) is 0 Å². The molecule has 4 nitrogen and oxygen atoms in total. The number of benzene rings is 1. The van der Waals surface area contributed by atoms with E-state index in [0.29, 0.717) is 19.0 Å². The summed E-state index contributed by atoms with van der Waals surface area (Å²) < 4.78 is 16.8. The van der Waals surface area contributed by atoms with Crippen LogP contribution in [0.3, 0.4) is 0 Å². The number of aryl methyl sites for hydroxylation is 1. The van der Waals surface area contributed by atoms with Gasteiger partial charge in [-0.05, 0) is 39.0 Å². The molecular formula is C15H21NO3. The molecule has 1 unspecified atom stereocenters. The lowest BCUT2D eigenvalue weighted by Crippen LogP contribution is -2.31. The van der Waals surface area contributed by atoms with Crippen molar-refractivity contribution in [1.82, 2.24) is 0 Å². The number of hydrogen-bond acceptors (Lipinski definition) is 4. The fraction of sp³-hybridized carbons (Fsp3) is 0.467. The molecule has 0 fully saturated rings. The minimum Gasteiger partial charge on any atom is -0.459 e. The molecule has 104 valence electrons. The van der Waals surface area contributed by atoms with Crippen LogP contribution in [0, 0.1) is 6.92 Å². The van der Waals surface area contributed by atoms with E-state index in [2.05, 4.69) is 13.0 Å². The van der Waals surface area contributed by atoms with Gasteiger partial charge in [-0.15, -0.1) is 0 Å². The molecule has 1 heterocycles. The molecule has 19 heavy (non-hydrogen) atoms. The van der Waals surface area contributed by atoms with E-state index in [4.69, 9.17) is 19.6 Å². The second kappa shape index (κ2) is 6.19. The minimum atomic E-state index is -0.475. The lowest BCUT2D eigenvalue weighted by Gasteiger charge is -2.21. The van der Waals surface area contributed by atoms with Crippen molar-refractivity contribution in [2.45, 2.75) is 33.1 Å². The van der Waals surface area contributed by atoms with Gasteiger partial charge in [0.05, 0.1) is 0 Å². The van der Waals surface area contributed by atoms with E-state index >= 15 is 0 Å². The van der Waals surface area contributed by atoms with E-state index in [1.165, 1.54) is 5.56 Å². The summed E-state index contributed by atoms with van der Waals surface area (Å²) >= 11 is 0. The van der Waals surface area contributed by atoms with Crippen LogP contribution in [0.4, 0.5) is 0 Å². The van der Waals surface area contributed by atoms with Crippen LogP contribution in [-0.4, -0.2) is 19.5 Å². The lowest BCUT2D eigenvalue weighted by molar-refractivity contribution is -0.151. The third-order valence-electron chi connectivity index (χ3n) is 2.97. The zero-order valence-corrected chi connectivity index (χ0v) is 11.7. The summed E-state index contributed by atoms with van der Waals surface area (Å²) in [6, 6.07) is 7.58. The maximum atomic E-state index is 6.17. The van der Waals surface area contributed by atoms with Crippen molar-refractivity contribution < 1.29 is 13.9 Å². The lowest BCUT2D eigenvalue weighted by atomic mass is 10.1. The largest absolute Gasteiger partial charge is 0.459 e. The van der Waals surface area contributed by atoms with Gasteiger partial charge in [-0.3, -0.25) is 0 Å². The Bertz CT molecular complexity index is 529. The number of fused-ring (bicyclic) bond motifs is 1. The van der Waals surface area contributed by atoms with Gasteiger partial charge in [0, 0.05) is 18.6 Å². The van der Waals surface area contributed by atoms with Crippen molar-refractivity contribution in [3.05, 3.63) is 35.6 Å². The average molecular weight is 263 g/mol. The molecule has 0 saturated carbocycles. The molecule has 0 aliphatic heterocycles. The van der Waals surface area contributed by atoms with Gasteiger partial charge in [-0.25, -0.2) is 0 Å². The summed E-state index contributed by atoms with van der Waals surface area (Å²) in [6.45, 7) is 6.99. The van der Waals surface area contributed by atoms with Crippen molar-refractivity contribution >= 4 is 11.0 Å². The molecule has 0 spiro atoms. The highest BCUT2D eigenvalue weighted by Crippen LogP contribution is 2.26. The van der Waals surface area contributed by atoms with Crippen LogP contribution < -0.4 is 5.73 Å². The van der Waals surface area contributed by atoms with Crippen LogP contribution in [0.5, 0.6) is 0 Å². The second-order valence-corrected chi connectivity index (χ2v) is 4.49. The van der Waals surface area contributed by atoms with Crippen LogP contribution in [0.1, 0.15) is 31.2 Å². The predicted molar refractivity (Wildman–Crippen MR) is 74.9 cm³/mol. The molecule has 1 atom stereocenters. The zero-order chi connectivity index (χ0) is 13.8. The first-order chi connectivity index (χ1) is 9.15. The SMILES string of the molecule is CCOC(OCC)C(N)c1cc2cc(C)ccc2o1. The summed E-state index contributed by atoms with van der Waals surface area (Å²) in [5.41, 5.74) is 8.20. The number of nitrogens with two attached hydrogens (primary N) is 1. The molecule has 2 aromatic rings. The van der Waals surface area contributed by atoms with Crippen molar-refractivity contribution in [2.75, 3.05) is 13.2 Å². The molecule has 4 heteroatoms. The van der Waals surface area contributed by atoms with Crippen molar-refractivity contribution in [3.63, 3.8) is 0 Å². The number of rotatable bonds is 6. The monoisotopic (exact) mass is 263 g/mol. The topological polar surface area (TPSA) is 57.6 Å². The summed E-state index contributed by atoms with van der Waals surface area (Å²) in [7, 11) is 0. The number of ether oxygens (including phenoxy) is 2. The van der Waals surface area contributed by atoms with Crippen LogP contribution in [0.25, 0.3) is 11.0 Å². The van der Waals surface area contributed by atoms with E-state index in [0.717, 1.165) is 11.0 Å². The Balaban J connectivity index is 2.26. The Morgan fingerprint density at radius 1 is 1.16 bits per heavy atom. The summed E-state index contributed by atoms with van der Waals surface area (Å²) in [4.78, 5) is 0. The van der Waals surface area contributed by atoms with E-state index in [1.54, 1.807) is 0 Å². The summed E-state index contributed by atoms with van der Waals surface area (Å²) in [5.74, 6) is 0.688. The average Bonchev–Trinajstić information content (AvgIpc) is 2.80. The predicted octanol–water partition coefficient (Wildman–Crippen LogP) is 3.14. The highest BCUT2D eigenvalue weighted by atomic mass is 16.7. The Morgan fingerprint density at radius 3 is 2.47 bits per heavy atom. The quantitative estimate of drug-likeness (QED) is 0.813. The molecule has 0 saturated heterocycles. The van der Waals surface area contributed by atoms with Gasteiger partial charge in [0.2, 0.25) is 0 Å². The fourth-order valence-corrected chi connectivity index (χ4v) is 2.07. The van der Waals surface area contributed by atoms with Gasteiger partial charge in [0.15, 0.2) is 6.29 Å². The molecule has 0 radical (unpaired) electrons. The first-order valence-electron chi connectivity index (χ1n) is 6.64. The Hall–Kier alpha value is -1.36. The van der Waals surface area contributed by atoms with Crippen LogP contribution >= 0.6 is 0 Å². The second-order valence-electron chi connectivity index (χ2n) is 4.49. The normalized spacial score (nSPS) is 13.3. The first-order valence-corrected chi connectivity index (χ1v) is 6.64. The maximum Gasteiger partial charge on any atom is 0.179 e. The van der Waals surface area contributed by atoms with Gasteiger partial charge >= 0.3 is 0 Å². The summed E-state index contributed by atoms with van der Waals surface area (Å²) in [6.07, 6.45) is -0.475. The molecule has 1 aromatic heterocycles. The van der Waals surface area contributed by atoms with Gasteiger partial charge in [0.1, 0.15) is 17.4 Å². The molecule has 0 bridgehead atoms. The molecule has 1 aromatic carbocycles.